The molecule has 1 atom stereocenters. The molecule has 0 fully saturated rings. The van der Waals surface area contributed by atoms with Crippen molar-refractivity contribution < 1.29 is 12.6 Å². The van der Waals surface area contributed by atoms with E-state index in [1.807, 2.05) is 0 Å². The van der Waals surface area contributed by atoms with Gasteiger partial charge in [-0.15, -0.1) is 0 Å². The second-order valence-corrected chi connectivity index (χ2v) is 7.72. The molecule has 0 spiro atoms. The maximum absolute atomic E-state index is 11.8. The molecule has 0 bridgehead atoms. The molecule has 1 rings (SSSR count). The predicted molar refractivity (Wildman–Crippen MR) is 72.9 cm³/mol. The molecule has 0 aromatic heterocycles. The minimum atomic E-state index is -3.44. The Hall–Kier alpha value is -0.240. The Balaban J connectivity index is 2.57. The van der Waals surface area contributed by atoms with Crippen molar-refractivity contribution in [3.8, 4) is 0 Å². The van der Waals surface area contributed by atoms with Crippen molar-refractivity contribution in [3.05, 3.63) is 28.7 Å². The number of rotatable bonds is 6. The SMILES string of the molecule is CS(=O)CCCNS(=O)(=O)c1ccc(Br)cc1. The van der Waals surface area contributed by atoms with Crippen LogP contribution in [0.5, 0.6) is 0 Å². The molecule has 1 N–H and O–H groups in total. The highest BCUT2D eigenvalue weighted by Gasteiger charge is 2.12. The van der Waals surface area contributed by atoms with Crippen LogP contribution in [-0.2, 0) is 20.8 Å². The molecule has 0 saturated carbocycles. The highest BCUT2D eigenvalue weighted by atomic mass is 79.9. The Kier molecular flexibility index (Phi) is 5.78. The van der Waals surface area contributed by atoms with Crippen LogP contribution >= 0.6 is 15.9 Å². The summed E-state index contributed by atoms with van der Waals surface area (Å²) in [5.41, 5.74) is 0. The Bertz CT molecular complexity index is 485. The smallest absolute Gasteiger partial charge is 0.240 e. The zero-order chi connectivity index (χ0) is 12.9. The van der Waals surface area contributed by atoms with Gasteiger partial charge in [-0.05, 0) is 30.7 Å². The molecular formula is C10H14BrNO3S2. The summed E-state index contributed by atoms with van der Waals surface area (Å²) in [4.78, 5) is 0.235. The predicted octanol–water partition coefficient (Wildman–Crippen LogP) is 1.50. The monoisotopic (exact) mass is 339 g/mol. The molecule has 4 nitrogen and oxygen atoms in total. The van der Waals surface area contributed by atoms with E-state index in [2.05, 4.69) is 20.7 Å². The maximum Gasteiger partial charge on any atom is 0.240 e. The largest absolute Gasteiger partial charge is 0.260 e. The van der Waals surface area contributed by atoms with Crippen LogP contribution in [0.3, 0.4) is 0 Å². The highest BCUT2D eigenvalue weighted by Crippen LogP contribution is 2.14. The molecule has 0 aliphatic heterocycles. The van der Waals surface area contributed by atoms with E-state index in [4.69, 9.17) is 0 Å². The molecule has 1 aromatic rings. The fraction of sp³-hybridized carbons (Fsp3) is 0.400. The fourth-order valence-electron chi connectivity index (χ4n) is 1.18. The molecule has 0 radical (unpaired) electrons. The lowest BCUT2D eigenvalue weighted by atomic mass is 10.4. The molecule has 17 heavy (non-hydrogen) atoms. The molecule has 96 valence electrons. The lowest BCUT2D eigenvalue weighted by molar-refractivity contribution is 0.580. The summed E-state index contributed by atoms with van der Waals surface area (Å²) < 4.78 is 37.7. The van der Waals surface area contributed by atoms with Crippen molar-refractivity contribution in [3.63, 3.8) is 0 Å². The van der Waals surface area contributed by atoms with Gasteiger partial charge in [0.1, 0.15) is 0 Å². The molecule has 1 aromatic carbocycles. The van der Waals surface area contributed by atoms with Crippen molar-refractivity contribution in [2.75, 3.05) is 18.6 Å². The summed E-state index contributed by atoms with van der Waals surface area (Å²) in [5.74, 6) is 0.503. The van der Waals surface area contributed by atoms with Crippen LogP contribution in [-0.4, -0.2) is 31.2 Å². The number of hydrogen-bond donors (Lipinski definition) is 1. The van der Waals surface area contributed by atoms with Crippen LogP contribution in [0.25, 0.3) is 0 Å². The molecule has 0 aliphatic carbocycles. The van der Waals surface area contributed by atoms with Gasteiger partial charge in [0, 0.05) is 33.8 Å². The van der Waals surface area contributed by atoms with Gasteiger partial charge in [-0.1, -0.05) is 15.9 Å². The topological polar surface area (TPSA) is 63.2 Å². The molecule has 0 saturated heterocycles. The summed E-state index contributed by atoms with van der Waals surface area (Å²) in [5, 5.41) is 0. The second kappa shape index (κ2) is 6.63. The number of sulfonamides is 1. The molecule has 0 aliphatic rings. The average molecular weight is 340 g/mol. The molecule has 1 unspecified atom stereocenters. The minimum absolute atomic E-state index is 0.235. The first-order valence-electron chi connectivity index (χ1n) is 4.97. The third kappa shape index (κ3) is 5.29. The van der Waals surface area contributed by atoms with Crippen LogP contribution < -0.4 is 4.72 Å². The number of benzene rings is 1. The van der Waals surface area contributed by atoms with Crippen LogP contribution in [0, 0.1) is 0 Å². The van der Waals surface area contributed by atoms with E-state index in [0.29, 0.717) is 18.7 Å². The lowest BCUT2D eigenvalue weighted by Crippen LogP contribution is -2.25. The van der Waals surface area contributed by atoms with Gasteiger partial charge in [-0.3, -0.25) is 4.21 Å². The van der Waals surface area contributed by atoms with Crippen molar-refractivity contribution in [1.29, 1.82) is 0 Å². The first-order chi connectivity index (χ1) is 7.92. The van der Waals surface area contributed by atoms with Gasteiger partial charge in [0.25, 0.3) is 0 Å². The quantitative estimate of drug-likeness (QED) is 0.798. The van der Waals surface area contributed by atoms with E-state index in [1.165, 1.54) is 12.1 Å². The van der Waals surface area contributed by atoms with Gasteiger partial charge < -0.3 is 0 Å². The third-order valence-electron chi connectivity index (χ3n) is 2.02. The molecular weight excluding hydrogens is 326 g/mol. The zero-order valence-corrected chi connectivity index (χ0v) is 12.6. The Morgan fingerprint density at radius 3 is 2.41 bits per heavy atom. The normalized spacial score (nSPS) is 13.5. The molecule has 0 heterocycles. The van der Waals surface area contributed by atoms with Crippen LogP contribution in [0.1, 0.15) is 6.42 Å². The summed E-state index contributed by atoms with van der Waals surface area (Å²) in [6.45, 7) is 0.304. The van der Waals surface area contributed by atoms with Gasteiger partial charge in [-0.25, -0.2) is 13.1 Å². The Morgan fingerprint density at radius 1 is 1.29 bits per heavy atom. The Morgan fingerprint density at radius 2 is 1.88 bits per heavy atom. The van der Waals surface area contributed by atoms with E-state index in [1.54, 1.807) is 18.4 Å². The van der Waals surface area contributed by atoms with E-state index in [-0.39, 0.29) is 4.90 Å². The number of hydrogen-bond acceptors (Lipinski definition) is 3. The van der Waals surface area contributed by atoms with Gasteiger partial charge in [0.05, 0.1) is 4.90 Å². The van der Waals surface area contributed by atoms with E-state index < -0.39 is 20.8 Å². The van der Waals surface area contributed by atoms with Crippen LogP contribution in [0.15, 0.2) is 33.6 Å². The van der Waals surface area contributed by atoms with Crippen molar-refractivity contribution in [2.45, 2.75) is 11.3 Å². The molecule has 7 heteroatoms. The average Bonchev–Trinajstić information content (AvgIpc) is 2.25. The second-order valence-electron chi connectivity index (χ2n) is 3.48. The van der Waals surface area contributed by atoms with E-state index in [9.17, 15) is 12.6 Å². The van der Waals surface area contributed by atoms with Crippen molar-refractivity contribution >= 4 is 36.8 Å². The summed E-state index contributed by atoms with van der Waals surface area (Å²) in [6, 6.07) is 6.42. The summed E-state index contributed by atoms with van der Waals surface area (Å²) >= 11 is 3.24. The fourth-order valence-corrected chi connectivity index (χ4v) is 3.07. The minimum Gasteiger partial charge on any atom is -0.260 e. The lowest BCUT2D eigenvalue weighted by Gasteiger charge is -2.06. The van der Waals surface area contributed by atoms with Crippen LogP contribution in [0.4, 0.5) is 0 Å². The van der Waals surface area contributed by atoms with Gasteiger partial charge in [0.15, 0.2) is 0 Å². The highest BCUT2D eigenvalue weighted by molar-refractivity contribution is 9.10. The van der Waals surface area contributed by atoms with E-state index in [0.717, 1.165) is 4.47 Å². The van der Waals surface area contributed by atoms with Crippen molar-refractivity contribution in [1.82, 2.24) is 4.72 Å². The van der Waals surface area contributed by atoms with Gasteiger partial charge >= 0.3 is 0 Å². The number of halogens is 1. The van der Waals surface area contributed by atoms with Gasteiger partial charge in [-0.2, -0.15) is 0 Å². The molecule has 0 amide bonds. The summed E-state index contributed by atoms with van der Waals surface area (Å²) in [7, 11) is -4.33. The van der Waals surface area contributed by atoms with Crippen molar-refractivity contribution in [2.24, 2.45) is 0 Å². The number of nitrogens with one attached hydrogen (secondary N) is 1. The van der Waals surface area contributed by atoms with E-state index >= 15 is 0 Å². The Labute approximate surface area is 112 Å². The van der Waals surface area contributed by atoms with Crippen LogP contribution in [0.2, 0.25) is 0 Å². The maximum atomic E-state index is 11.8. The standard InChI is InChI=1S/C10H14BrNO3S2/c1-16(13)8-2-7-12-17(14,15)10-5-3-9(11)4-6-10/h3-6,12H,2,7-8H2,1H3. The zero-order valence-electron chi connectivity index (χ0n) is 9.35. The third-order valence-corrected chi connectivity index (χ3v) is 4.89. The first kappa shape index (κ1) is 14.8. The van der Waals surface area contributed by atoms with Gasteiger partial charge in [0.2, 0.25) is 10.0 Å². The first-order valence-corrected chi connectivity index (χ1v) is 8.97. The summed E-state index contributed by atoms with van der Waals surface area (Å²) in [6.07, 6.45) is 2.17.